The first-order chi connectivity index (χ1) is 8.63. The number of H-pyrrole nitrogens is 1. The topological polar surface area (TPSA) is 81.0 Å². The van der Waals surface area contributed by atoms with E-state index < -0.39 is 5.97 Å². The fourth-order valence-electron chi connectivity index (χ4n) is 1.53. The van der Waals surface area contributed by atoms with E-state index in [2.05, 4.69) is 9.97 Å². The molecule has 94 valence electrons. The molecule has 18 heavy (non-hydrogen) atoms. The van der Waals surface area contributed by atoms with Crippen LogP contribution in [0.3, 0.4) is 0 Å². The summed E-state index contributed by atoms with van der Waals surface area (Å²) in [6.07, 6.45) is 0. The number of benzene rings is 1. The van der Waals surface area contributed by atoms with Gasteiger partial charge < -0.3 is 15.5 Å². The number of nitrogens with two attached hydrogens (primary N) is 1. The third kappa shape index (κ3) is 2.31. The highest BCUT2D eigenvalue weighted by atomic mass is 35.5. The van der Waals surface area contributed by atoms with E-state index in [-0.39, 0.29) is 18.1 Å². The molecule has 0 amide bonds. The molecular formula is C12H12ClN3O2. The van der Waals surface area contributed by atoms with Crippen molar-refractivity contribution in [2.24, 2.45) is 0 Å². The van der Waals surface area contributed by atoms with Crippen molar-refractivity contribution >= 4 is 23.4 Å². The minimum Gasteiger partial charge on any atom is -0.461 e. The lowest BCUT2D eigenvalue weighted by Crippen LogP contribution is -2.07. The van der Waals surface area contributed by atoms with Gasteiger partial charge in [-0.05, 0) is 19.1 Å². The molecule has 1 heterocycles. The Morgan fingerprint density at radius 3 is 2.89 bits per heavy atom. The second-order valence-corrected chi connectivity index (χ2v) is 3.95. The van der Waals surface area contributed by atoms with Crippen LogP contribution in [-0.4, -0.2) is 22.5 Å². The Labute approximate surface area is 109 Å². The maximum absolute atomic E-state index is 11.6. The molecule has 0 aliphatic heterocycles. The molecule has 0 atom stereocenters. The lowest BCUT2D eigenvalue weighted by atomic mass is 10.2. The van der Waals surface area contributed by atoms with E-state index in [4.69, 9.17) is 22.1 Å². The summed E-state index contributed by atoms with van der Waals surface area (Å²) < 4.78 is 4.87. The molecule has 0 unspecified atom stereocenters. The van der Waals surface area contributed by atoms with Gasteiger partial charge in [-0.25, -0.2) is 9.78 Å². The first kappa shape index (κ1) is 12.4. The summed E-state index contributed by atoms with van der Waals surface area (Å²) in [5.74, 6) is 0.0188. The molecule has 1 aromatic carbocycles. The monoisotopic (exact) mass is 265 g/mol. The number of ether oxygens (including phenoxy) is 1. The molecule has 0 saturated heterocycles. The van der Waals surface area contributed by atoms with Gasteiger partial charge in [0.1, 0.15) is 5.82 Å². The van der Waals surface area contributed by atoms with Gasteiger partial charge in [0.05, 0.1) is 11.6 Å². The maximum Gasteiger partial charge on any atom is 0.358 e. The summed E-state index contributed by atoms with van der Waals surface area (Å²) in [6, 6.07) is 7.16. The number of nitrogens with zero attached hydrogens (tertiary/aromatic N) is 1. The number of nitrogens with one attached hydrogen (secondary N) is 1. The smallest absolute Gasteiger partial charge is 0.358 e. The molecule has 0 aliphatic rings. The van der Waals surface area contributed by atoms with Crippen molar-refractivity contribution in [3.05, 3.63) is 35.0 Å². The molecular weight excluding hydrogens is 254 g/mol. The van der Waals surface area contributed by atoms with Crippen LogP contribution in [0.5, 0.6) is 0 Å². The first-order valence-electron chi connectivity index (χ1n) is 5.41. The number of anilines is 1. The SMILES string of the molecule is CCOC(=O)c1[nH]c(-c2ccccc2Cl)nc1N. The zero-order valence-electron chi connectivity index (χ0n) is 9.74. The number of halogens is 1. The molecule has 0 spiro atoms. The lowest BCUT2D eigenvalue weighted by Gasteiger charge is -2.00. The Kier molecular flexibility index (Phi) is 3.53. The van der Waals surface area contributed by atoms with E-state index in [1.54, 1.807) is 19.1 Å². The highest BCUT2D eigenvalue weighted by Crippen LogP contribution is 2.26. The number of carbonyl (C=O) groups excluding carboxylic acids is 1. The Hall–Kier alpha value is -2.01. The molecule has 1 aromatic heterocycles. The van der Waals surface area contributed by atoms with Crippen LogP contribution in [0.25, 0.3) is 11.4 Å². The zero-order chi connectivity index (χ0) is 13.1. The van der Waals surface area contributed by atoms with Crippen molar-refractivity contribution in [1.82, 2.24) is 9.97 Å². The number of imidazole rings is 1. The van der Waals surface area contributed by atoms with E-state index >= 15 is 0 Å². The number of rotatable bonds is 3. The number of esters is 1. The van der Waals surface area contributed by atoms with Gasteiger partial charge in [-0.1, -0.05) is 23.7 Å². The number of carbonyl (C=O) groups is 1. The normalized spacial score (nSPS) is 10.3. The molecule has 2 rings (SSSR count). The predicted molar refractivity (Wildman–Crippen MR) is 69.4 cm³/mol. The molecule has 6 heteroatoms. The van der Waals surface area contributed by atoms with Gasteiger partial charge in [0.15, 0.2) is 11.5 Å². The summed E-state index contributed by atoms with van der Waals surface area (Å²) in [4.78, 5) is 18.5. The van der Waals surface area contributed by atoms with Crippen molar-refractivity contribution in [3.8, 4) is 11.4 Å². The minimum atomic E-state index is -0.527. The van der Waals surface area contributed by atoms with E-state index in [1.807, 2.05) is 12.1 Å². The van der Waals surface area contributed by atoms with Crippen molar-refractivity contribution in [2.75, 3.05) is 12.3 Å². The van der Waals surface area contributed by atoms with Gasteiger partial charge in [-0.3, -0.25) is 0 Å². The summed E-state index contributed by atoms with van der Waals surface area (Å²) >= 11 is 6.04. The van der Waals surface area contributed by atoms with Crippen LogP contribution >= 0.6 is 11.6 Å². The van der Waals surface area contributed by atoms with Crippen molar-refractivity contribution in [1.29, 1.82) is 0 Å². The standard InChI is InChI=1S/C12H12ClN3O2/c1-2-18-12(17)9-10(14)16-11(15-9)7-5-3-4-6-8(7)13/h3-6H,2,14H2,1H3,(H,15,16). The molecule has 0 fully saturated rings. The number of hydrogen-bond acceptors (Lipinski definition) is 4. The Morgan fingerprint density at radius 2 is 2.22 bits per heavy atom. The second kappa shape index (κ2) is 5.10. The molecule has 5 nitrogen and oxygen atoms in total. The van der Waals surface area contributed by atoms with Crippen LogP contribution in [0.4, 0.5) is 5.82 Å². The highest BCUT2D eigenvalue weighted by Gasteiger charge is 2.17. The largest absolute Gasteiger partial charge is 0.461 e. The Bertz CT molecular complexity index is 580. The van der Waals surface area contributed by atoms with Gasteiger partial charge >= 0.3 is 5.97 Å². The highest BCUT2D eigenvalue weighted by molar-refractivity contribution is 6.33. The van der Waals surface area contributed by atoms with Crippen molar-refractivity contribution in [2.45, 2.75) is 6.92 Å². The summed E-state index contributed by atoms with van der Waals surface area (Å²) in [6.45, 7) is 2.00. The van der Waals surface area contributed by atoms with E-state index in [0.717, 1.165) is 0 Å². The number of aromatic nitrogens is 2. The molecule has 0 bridgehead atoms. The van der Waals surface area contributed by atoms with Crippen LogP contribution in [0.15, 0.2) is 24.3 Å². The van der Waals surface area contributed by atoms with Gasteiger partial charge in [-0.15, -0.1) is 0 Å². The Morgan fingerprint density at radius 1 is 1.50 bits per heavy atom. The quantitative estimate of drug-likeness (QED) is 0.836. The van der Waals surface area contributed by atoms with Crippen LogP contribution in [0.1, 0.15) is 17.4 Å². The van der Waals surface area contributed by atoms with Gasteiger partial charge in [-0.2, -0.15) is 0 Å². The summed E-state index contributed by atoms with van der Waals surface area (Å²) in [5.41, 5.74) is 6.50. The predicted octanol–water partition coefficient (Wildman–Crippen LogP) is 2.49. The number of hydrogen-bond donors (Lipinski definition) is 2. The van der Waals surface area contributed by atoms with Crippen molar-refractivity contribution in [3.63, 3.8) is 0 Å². The fourth-order valence-corrected chi connectivity index (χ4v) is 1.75. The molecule has 0 radical (unpaired) electrons. The second-order valence-electron chi connectivity index (χ2n) is 3.55. The number of aromatic amines is 1. The third-order valence-corrected chi connectivity index (χ3v) is 2.67. The molecule has 0 saturated carbocycles. The van der Waals surface area contributed by atoms with Crippen LogP contribution in [-0.2, 0) is 4.74 Å². The van der Waals surface area contributed by atoms with Crippen LogP contribution in [0, 0.1) is 0 Å². The minimum absolute atomic E-state index is 0.100. The zero-order valence-corrected chi connectivity index (χ0v) is 10.5. The average molecular weight is 266 g/mol. The third-order valence-electron chi connectivity index (χ3n) is 2.34. The molecule has 2 aromatic rings. The average Bonchev–Trinajstić information content (AvgIpc) is 2.72. The summed E-state index contributed by atoms with van der Waals surface area (Å²) in [5, 5.41) is 0.529. The summed E-state index contributed by atoms with van der Waals surface area (Å²) in [7, 11) is 0. The maximum atomic E-state index is 11.6. The van der Waals surface area contributed by atoms with Crippen LogP contribution < -0.4 is 5.73 Å². The van der Waals surface area contributed by atoms with Gasteiger partial charge in [0.2, 0.25) is 0 Å². The number of nitrogen functional groups attached to an aromatic ring is 1. The van der Waals surface area contributed by atoms with Gasteiger partial charge in [0, 0.05) is 5.56 Å². The lowest BCUT2D eigenvalue weighted by molar-refractivity contribution is 0.0521. The van der Waals surface area contributed by atoms with Crippen LogP contribution in [0.2, 0.25) is 5.02 Å². The van der Waals surface area contributed by atoms with E-state index in [1.165, 1.54) is 0 Å². The fraction of sp³-hybridized carbons (Fsp3) is 0.167. The first-order valence-corrected chi connectivity index (χ1v) is 5.78. The molecule has 3 N–H and O–H groups in total. The van der Waals surface area contributed by atoms with Gasteiger partial charge in [0.25, 0.3) is 0 Å². The Balaban J connectivity index is 2.41. The van der Waals surface area contributed by atoms with Crippen molar-refractivity contribution < 1.29 is 9.53 Å². The van der Waals surface area contributed by atoms with E-state index in [0.29, 0.717) is 16.4 Å². The van der Waals surface area contributed by atoms with E-state index in [9.17, 15) is 4.79 Å². The molecule has 0 aliphatic carbocycles.